The van der Waals surface area contributed by atoms with E-state index in [1.807, 2.05) is 0 Å². The van der Waals surface area contributed by atoms with Gasteiger partial charge in [-0.3, -0.25) is 0 Å². The van der Waals surface area contributed by atoms with Crippen LogP contribution in [0.4, 0.5) is 5.69 Å². The van der Waals surface area contributed by atoms with E-state index in [4.69, 9.17) is 4.18 Å². The normalized spacial score (nSPS) is 27.4. The van der Waals surface area contributed by atoms with Crippen molar-refractivity contribution in [3.05, 3.63) is 76.6 Å². The second kappa shape index (κ2) is 5.70. The van der Waals surface area contributed by atoms with E-state index >= 15 is 0 Å². The molecule has 2 aliphatic heterocycles. The van der Waals surface area contributed by atoms with Crippen molar-refractivity contribution < 1.29 is 4.18 Å². The highest BCUT2D eigenvalue weighted by atomic mass is 32.4. The lowest BCUT2D eigenvalue weighted by Crippen LogP contribution is -2.50. The lowest BCUT2D eigenvalue weighted by Gasteiger charge is -2.78. The number of hydrogen-bond donors (Lipinski definition) is 1. The number of rotatable bonds is 0. The molecular weight excluding hydrogens is 362 g/mol. The highest BCUT2D eigenvalue weighted by Gasteiger charge is 2.59. The molecule has 2 aliphatic rings. The number of nitrogens with one attached hydrogen (secondary N) is 1. The second-order valence-electron chi connectivity index (χ2n) is 9.62. The highest BCUT2D eigenvalue weighted by molar-refractivity contribution is 8.61. The smallest absolute Gasteiger partial charge is 0.105 e. The molecule has 0 aliphatic carbocycles. The van der Waals surface area contributed by atoms with E-state index in [0.717, 1.165) is 23.6 Å². The lowest BCUT2D eigenvalue weighted by molar-refractivity contribution is 0.425. The fraction of sp³-hybridized carbons (Fsp3) is 0.360. The lowest BCUT2D eigenvalue weighted by atomic mass is 10.0. The minimum atomic E-state index is -3.39. The first kappa shape index (κ1) is 19.2. The Morgan fingerprint density at radius 1 is 1.00 bits per heavy atom. The Bertz CT molecular complexity index is 1050. The van der Waals surface area contributed by atoms with Gasteiger partial charge in [0.25, 0.3) is 0 Å². The topological polar surface area (TPSA) is 21.3 Å². The Morgan fingerprint density at radius 2 is 1.71 bits per heavy atom. The average Bonchev–Trinajstić information content (AvgIpc) is 2.61. The zero-order valence-electron chi connectivity index (χ0n) is 18.0. The molecule has 1 atom stereocenters. The first-order valence-corrected chi connectivity index (χ1v) is 13.5. The van der Waals surface area contributed by atoms with Crippen molar-refractivity contribution >= 4 is 20.5 Å². The molecule has 2 aromatic rings. The largest absolute Gasteiger partial charge is 0.453 e. The number of allylic oxidation sites excluding steroid dienone is 3. The standard InChI is InChI=1S/C25H33NOS/c1-18-16-21(4)27-28(5,6,17-18)25-20(3)15-14-19(2)23(25)12-9-11-22-10-7-8-13-24(22)26-28/h7-11,13-16,18,26H,12,17H2,1-6H3/b11-9-. The molecular formula is C25H33NOS. The third-order valence-corrected chi connectivity index (χ3v) is 11.8. The summed E-state index contributed by atoms with van der Waals surface area (Å²) in [7, 11) is -3.39. The monoisotopic (exact) mass is 395 g/mol. The number of anilines is 1. The van der Waals surface area contributed by atoms with Crippen molar-refractivity contribution in [1.29, 1.82) is 0 Å². The fourth-order valence-corrected chi connectivity index (χ4v) is 12.5. The van der Waals surface area contributed by atoms with Gasteiger partial charge in [-0.25, -0.2) is 0 Å². The summed E-state index contributed by atoms with van der Waals surface area (Å²) in [5.41, 5.74) is 6.43. The SMILES string of the molecule is CC1=CC(C)CS2(C)(C)(Nc3ccccc3/C=C\Cc3c(C)ccc(C)c32)O1. The molecule has 1 N–H and O–H groups in total. The molecule has 0 radical (unpaired) electrons. The summed E-state index contributed by atoms with van der Waals surface area (Å²) in [5, 5.41) is 0. The van der Waals surface area contributed by atoms with Crippen molar-refractivity contribution in [2.75, 3.05) is 23.0 Å². The highest BCUT2D eigenvalue weighted by Crippen LogP contribution is 2.92. The molecule has 28 heavy (non-hydrogen) atoms. The van der Waals surface area contributed by atoms with Crippen LogP contribution in [0.1, 0.15) is 36.1 Å². The van der Waals surface area contributed by atoms with E-state index < -0.39 is 8.76 Å². The van der Waals surface area contributed by atoms with Crippen LogP contribution in [0.3, 0.4) is 0 Å². The Morgan fingerprint density at radius 3 is 2.46 bits per heavy atom. The van der Waals surface area contributed by atoms with E-state index in [2.05, 4.69) is 99.6 Å². The third kappa shape index (κ3) is 2.79. The number of hydrogen-bond acceptors (Lipinski definition) is 2. The average molecular weight is 396 g/mol. The molecule has 0 saturated carbocycles. The fourth-order valence-electron chi connectivity index (χ4n) is 5.69. The summed E-state index contributed by atoms with van der Waals surface area (Å²) < 4.78 is 11.2. The zero-order chi connectivity index (χ0) is 20.2. The van der Waals surface area contributed by atoms with E-state index in [-0.39, 0.29) is 0 Å². The summed E-state index contributed by atoms with van der Waals surface area (Å²) in [6.45, 7) is 8.90. The van der Waals surface area contributed by atoms with Crippen LogP contribution >= 0.6 is 8.76 Å². The summed E-state index contributed by atoms with van der Waals surface area (Å²) in [5.74, 6) is 2.42. The van der Waals surface area contributed by atoms with Gasteiger partial charge >= 0.3 is 0 Å². The van der Waals surface area contributed by atoms with Crippen LogP contribution in [0.5, 0.6) is 0 Å². The molecule has 0 bridgehead atoms. The van der Waals surface area contributed by atoms with Crippen LogP contribution in [-0.2, 0) is 10.6 Å². The van der Waals surface area contributed by atoms with Gasteiger partial charge in [0.15, 0.2) is 0 Å². The van der Waals surface area contributed by atoms with Gasteiger partial charge in [0.05, 0.1) is 5.69 Å². The molecule has 0 fully saturated rings. The van der Waals surface area contributed by atoms with Crippen LogP contribution in [0, 0.1) is 19.8 Å². The van der Waals surface area contributed by atoms with E-state index in [1.165, 1.54) is 27.1 Å². The number of fused-ring (bicyclic) bond motifs is 3. The predicted molar refractivity (Wildman–Crippen MR) is 125 cm³/mol. The maximum atomic E-state index is 7.11. The Kier molecular flexibility index (Phi) is 3.91. The molecule has 2 aromatic carbocycles. The number of benzene rings is 2. The van der Waals surface area contributed by atoms with Gasteiger partial charge in [-0.1, -0.05) is 49.4 Å². The first-order chi connectivity index (χ1) is 13.1. The van der Waals surface area contributed by atoms with E-state index in [1.54, 1.807) is 0 Å². The summed E-state index contributed by atoms with van der Waals surface area (Å²) in [6, 6.07) is 13.1. The van der Waals surface area contributed by atoms with Gasteiger partial charge in [0.1, 0.15) is 5.76 Å². The Balaban J connectivity index is 2.16. The zero-order valence-corrected chi connectivity index (χ0v) is 18.8. The Hall–Kier alpha value is -2.13. The van der Waals surface area contributed by atoms with Gasteiger partial charge in [-0.2, -0.15) is 0 Å². The molecule has 4 rings (SSSR count). The molecule has 150 valence electrons. The van der Waals surface area contributed by atoms with Crippen LogP contribution < -0.4 is 4.72 Å². The van der Waals surface area contributed by atoms with Crippen molar-refractivity contribution in [1.82, 2.24) is 0 Å². The van der Waals surface area contributed by atoms with Crippen LogP contribution in [0.25, 0.3) is 6.08 Å². The van der Waals surface area contributed by atoms with Crippen molar-refractivity contribution in [3.8, 4) is 0 Å². The minimum Gasteiger partial charge on any atom is -0.453 e. The Labute approximate surface area is 169 Å². The van der Waals surface area contributed by atoms with E-state index in [9.17, 15) is 0 Å². The predicted octanol–water partition coefficient (Wildman–Crippen LogP) is 6.88. The van der Waals surface area contributed by atoms with Crippen molar-refractivity contribution in [3.63, 3.8) is 0 Å². The van der Waals surface area contributed by atoms with Crippen molar-refractivity contribution in [2.24, 2.45) is 5.92 Å². The molecule has 2 heterocycles. The summed E-state index contributed by atoms with van der Waals surface area (Å²) in [6.07, 6.45) is 12.5. The van der Waals surface area contributed by atoms with Gasteiger partial charge in [-0.05, 0) is 80.0 Å². The molecule has 0 aromatic heterocycles. The molecule has 1 unspecified atom stereocenters. The van der Waals surface area contributed by atoms with E-state index in [0.29, 0.717) is 5.92 Å². The minimum absolute atomic E-state index is 0.437. The first-order valence-electron chi connectivity index (χ1n) is 10.1. The molecule has 0 saturated heterocycles. The molecule has 1 spiro atoms. The molecule has 0 amide bonds. The number of aryl methyl sites for hydroxylation is 2. The third-order valence-electron chi connectivity index (χ3n) is 6.28. The number of para-hydroxylation sites is 1. The molecule has 2 nitrogen and oxygen atoms in total. The summed E-state index contributed by atoms with van der Waals surface area (Å²) >= 11 is 0. The van der Waals surface area contributed by atoms with Crippen molar-refractivity contribution in [2.45, 2.75) is 39.0 Å². The van der Waals surface area contributed by atoms with Crippen LogP contribution in [0.2, 0.25) is 0 Å². The second-order valence-corrected chi connectivity index (χ2v) is 16.4. The van der Waals surface area contributed by atoms with Gasteiger partial charge in [0, 0.05) is 10.6 Å². The maximum Gasteiger partial charge on any atom is 0.105 e. The van der Waals surface area contributed by atoms with Gasteiger partial charge in [0.2, 0.25) is 0 Å². The quantitative estimate of drug-likeness (QED) is 0.525. The van der Waals surface area contributed by atoms with Crippen LogP contribution in [0.15, 0.2) is 59.2 Å². The maximum absolute atomic E-state index is 7.11. The van der Waals surface area contributed by atoms with Gasteiger partial charge < -0.3 is 8.91 Å². The molecule has 3 heteroatoms. The summed E-state index contributed by atoms with van der Waals surface area (Å²) in [4.78, 5) is 1.39. The van der Waals surface area contributed by atoms with Gasteiger partial charge in [-0.15, -0.1) is 8.76 Å². The van der Waals surface area contributed by atoms with Crippen LogP contribution in [-0.4, -0.2) is 18.3 Å².